The Balaban J connectivity index is 1.59. The van der Waals surface area contributed by atoms with Crippen LogP contribution in [0.25, 0.3) is 16.8 Å². The van der Waals surface area contributed by atoms with Crippen LogP contribution in [-0.2, 0) is 0 Å². The van der Waals surface area contributed by atoms with Gasteiger partial charge in [0.05, 0.1) is 5.69 Å². The van der Waals surface area contributed by atoms with Gasteiger partial charge >= 0.3 is 0 Å². The van der Waals surface area contributed by atoms with Crippen molar-refractivity contribution < 1.29 is 10.2 Å². The highest BCUT2D eigenvalue weighted by Crippen LogP contribution is 2.57. The van der Waals surface area contributed by atoms with Crippen LogP contribution in [0.5, 0.6) is 11.8 Å². The van der Waals surface area contributed by atoms with Crippen molar-refractivity contribution in [2.24, 2.45) is 0 Å². The van der Waals surface area contributed by atoms with E-state index in [1.165, 1.54) is 0 Å². The second-order valence-corrected chi connectivity index (χ2v) is 6.56. The van der Waals surface area contributed by atoms with Crippen LogP contribution in [0.1, 0.15) is 29.4 Å². The minimum absolute atomic E-state index is 0.173. The fourth-order valence-electron chi connectivity index (χ4n) is 4.12. The number of allylic oxidation sites excluding steroid dienone is 2. The number of hydrogen-bond donors (Lipinski definition) is 2. The topological polar surface area (TPSA) is 45.4 Å². The Hall–Kier alpha value is -2.94. The number of fused-ring (bicyclic) bond motifs is 5. The number of benzene rings is 2. The van der Waals surface area contributed by atoms with Crippen molar-refractivity contribution in [2.75, 3.05) is 0 Å². The van der Waals surface area contributed by atoms with E-state index < -0.39 is 0 Å². The minimum Gasteiger partial charge on any atom is -0.494 e. The highest BCUT2D eigenvalue weighted by atomic mass is 16.3. The van der Waals surface area contributed by atoms with Gasteiger partial charge in [-0.05, 0) is 29.7 Å². The summed E-state index contributed by atoms with van der Waals surface area (Å²) in [4.78, 5) is 0. The number of hydrogen-bond acceptors (Lipinski definition) is 2. The maximum atomic E-state index is 10.7. The third-order valence-electron chi connectivity index (χ3n) is 5.25. The van der Waals surface area contributed by atoms with Crippen LogP contribution in [-0.4, -0.2) is 14.8 Å². The van der Waals surface area contributed by atoms with E-state index in [2.05, 4.69) is 24.3 Å². The molecule has 2 bridgehead atoms. The Kier molecular flexibility index (Phi) is 2.69. The van der Waals surface area contributed by atoms with Gasteiger partial charge in [0.2, 0.25) is 11.8 Å². The Morgan fingerprint density at radius 1 is 0.708 bits per heavy atom. The summed E-state index contributed by atoms with van der Waals surface area (Å²) in [5.41, 5.74) is 4.83. The number of aromatic nitrogens is 1. The van der Waals surface area contributed by atoms with Crippen molar-refractivity contribution in [2.45, 2.75) is 18.3 Å². The fourth-order valence-corrected chi connectivity index (χ4v) is 4.12. The molecule has 0 fully saturated rings. The number of aromatic hydroxyl groups is 2. The maximum absolute atomic E-state index is 10.7. The molecule has 2 N–H and O–H groups in total. The normalized spacial score (nSPS) is 20.5. The summed E-state index contributed by atoms with van der Waals surface area (Å²) < 4.78 is 1.56. The molecule has 0 aliphatic heterocycles. The second kappa shape index (κ2) is 4.78. The summed E-state index contributed by atoms with van der Waals surface area (Å²) in [6.07, 6.45) is 5.24. The molecule has 24 heavy (non-hydrogen) atoms. The smallest absolute Gasteiger partial charge is 0.202 e. The monoisotopic (exact) mass is 315 g/mol. The lowest BCUT2D eigenvalue weighted by molar-refractivity contribution is 0.395. The first kappa shape index (κ1) is 13.5. The van der Waals surface area contributed by atoms with E-state index >= 15 is 0 Å². The highest BCUT2D eigenvalue weighted by Gasteiger charge is 2.41. The van der Waals surface area contributed by atoms with Gasteiger partial charge in [0.15, 0.2) is 0 Å². The van der Waals surface area contributed by atoms with Gasteiger partial charge in [-0.1, -0.05) is 54.6 Å². The molecule has 0 saturated carbocycles. The molecule has 118 valence electrons. The summed E-state index contributed by atoms with van der Waals surface area (Å²) in [6.45, 7) is 0. The van der Waals surface area contributed by atoms with Crippen LogP contribution >= 0.6 is 0 Å². The molecule has 3 heteroatoms. The molecule has 0 saturated heterocycles. The average Bonchev–Trinajstić information content (AvgIpc) is 3.30. The van der Waals surface area contributed by atoms with Gasteiger partial charge in [-0.2, -0.15) is 0 Å². The van der Waals surface area contributed by atoms with E-state index in [4.69, 9.17) is 0 Å². The van der Waals surface area contributed by atoms with Gasteiger partial charge in [-0.25, -0.2) is 0 Å². The Labute approximate surface area is 140 Å². The van der Waals surface area contributed by atoms with Crippen molar-refractivity contribution in [1.82, 2.24) is 4.57 Å². The van der Waals surface area contributed by atoms with Crippen molar-refractivity contribution in [1.29, 1.82) is 0 Å². The quantitative estimate of drug-likeness (QED) is 0.674. The molecule has 2 aromatic carbocycles. The van der Waals surface area contributed by atoms with Gasteiger partial charge in [0.25, 0.3) is 0 Å². The van der Waals surface area contributed by atoms with Crippen molar-refractivity contribution in [3.63, 3.8) is 0 Å². The molecule has 1 heterocycles. The van der Waals surface area contributed by atoms with E-state index in [-0.39, 0.29) is 23.6 Å². The average molecular weight is 315 g/mol. The van der Waals surface area contributed by atoms with Crippen molar-refractivity contribution >= 4 is 0 Å². The lowest BCUT2D eigenvalue weighted by Crippen LogP contribution is -1.95. The fraction of sp³-hybridized carbons (Fsp3) is 0.143. The maximum Gasteiger partial charge on any atom is 0.202 e. The van der Waals surface area contributed by atoms with Crippen LogP contribution in [0, 0.1) is 0 Å². The van der Waals surface area contributed by atoms with Crippen LogP contribution in [0.3, 0.4) is 0 Å². The molecule has 2 unspecified atom stereocenters. The SMILES string of the molecule is Oc1c2c(c(O)n1-c1ccc(-c3ccccc3)cc1)C1C=CC2C1. The lowest BCUT2D eigenvalue weighted by atomic mass is 10.0. The molecule has 1 aromatic heterocycles. The summed E-state index contributed by atoms with van der Waals surface area (Å²) in [6, 6.07) is 18.1. The zero-order chi connectivity index (χ0) is 16.3. The van der Waals surface area contributed by atoms with E-state index in [9.17, 15) is 10.2 Å². The van der Waals surface area contributed by atoms with Gasteiger partial charge in [0.1, 0.15) is 0 Å². The highest BCUT2D eigenvalue weighted by molar-refractivity contribution is 5.66. The predicted molar refractivity (Wildman–Crippen MR) is 93.8 cm³/mol. The zero-order valence-corrected chi connectivity index (χ0v) is 13.1. The summed E-state index contributed by atoms with van der Waals surface area (Å²) in [5.74, 6) is 0.820. The van der Waals surface area contributed by atoms with Crippen molar-refractivity contribution in [3.8, 4) is 28.6 Å². The Morgan fingerprint density at radius 2 is 1.25 bits per heavy atom. The molecular formula is C21H17NO2. The van der Waals surface area contributed by atoms with E-state index in [0.29, 0.717) is 0 Å². The zero-order valence-electron chi connectivity index (χ0n) is 13.1. The molecule has 2 aliphatic carbocycles. The van der Waals surface area contributed by atoms with Crippen LogP contribution in [0.2, 0.25) is 0 Å². The van der Waals surface area contributed by atoms with Gasteiger partial charge in [-0.15, -0.1) is 0 Å². The third kappa shape index (κ3) is 1.72. The molecule has 0 spiro atoms. The van der Waals surface area contributed by atoms with E-state index in [1.54, 1.807) is 4.57 Å². The number of rotatable bonds is 2. The summed E-state index contributed by atoms with van der Waals surface area (Å²) in [7, 11) is 0. The van der Waals surface area contributed by atoms with Gasteiger partial charge in [-0.3, -0.25) is 4.57 Å². The molecule has 0 radical (unpaired) electrons. The predicted octanol–water partition coefficient (Wildman–Crippen LogP) is 4.70. The van der Waals surface area contributed by atoms with Crippen LogP contribution in [0.15, 0.2) is 66.7 Å². The first-order valence-electron chi connectivity index (χ1n) is 8.24. The largest absolute Gasteiger partial charge is 0.494 e. The molecule has 3 nitrogen and oxygen atoms in total. The Bertz CT molecular complexity index is 916. The molecule has 3 aromatic rings. The number of nitrogens with zero attached hydrogens (tertiary/aromatic N) is 1. The Morgan fingerprint density at radius 3 is 1.83 bits per heavy atom. The molecular weight excluding hydrogens is 298 g/mol. The summed E-state index contributed by atoms with van der Waals surface area (Å²) in [5, 5.41) is 21.3. The molecule has 5 rings (SSSR count). The molecule has 0 amide bonds. The van der Waals surface area contributed by atoms with Crippen LogP contribution < -0.4 is 0 Å². The standard InChI is InChI=1S/C21H17NO2/c23-20-18-15-6-7-16(12-15)19(18)21(24)22(20)17-10-8-14(9-11-17)13-4-2-1-3-5-13/h1-11,15-16,23-24H,12H2. The van der Waals surface area contributed by atoms with E-state index in [1.807, 2.05) is 42.5 Å². The molecule has 2 aliphatic rings. The third-order valence-corrected chi connectivity index (χ3v) is 5.25. The minimum atomic E-state index is 0.173. The van der Waals surface area contributed by atoms with Crippen LogP contribution in [0.4, 0.5) is 0 Å². The molecule has 2 atom stereocenters. The first-order chi connectivity index (χ1) is 11.7. The van der Waals surface area contributed by atoms with Gasteiger partial charge < -0.3 is 10.2 Å². The van der Waals surface area contributed by atoms with Gasteiger partial charge in [0, 0.05) is 23.0 Å². The van der Waals surface area contributed by atoms with E-state index in [0.717, 1.165) is 34.4 Å². The lowest BCUT2D eigenvalue weighted by Gasteiger charge is -2.11. The second-order valence-electron chi connectivity index (χ2n) is 6.56. The van der Waals surface area contributed by atoms with Crippen molar-refractivity contribution in [3.05, 3.63) is 77.9 Å². The summed E-state index contributed by atoms with van der Waals surface area (Å²) >= 11 is 0. The first-order valence-corrected chi connectivity index (χ1v) is 8.24.